The van der Waals surface area contributed by atoms with Crippen LogP contribution in [0.2, 0.25) is 0 Å². The number of halogens is 3. The van der Waals surface area contributed by atoms with Gasteiger partial charge in [0.25, 0.3) is 5.91 Å². The standard InChI is InChI=1S/C28H27F3N6O3/c29-28(30,31)23-22(18-37(35-23)21-14-8-3-9-15-21)24(38)32-16-17-36(26(39)20-12-6-2-7-13-20)27-34-33-25(40-27)19-10-4-1-5-11-19/h1,3-5,8-11,14-15,18,20H,2,6-7,12-13,16-17H2,(H,32,38). The number of alkyl halides is 3. The van der Waals surface area contributed by atoms with Crippen molar-refractivity contribution in [1.82, 2.24) is 25.3 Å². The number of hydrogen-bond acceptors (Lipinski definition) is 6. The molecule has 2 aromatic heterocycles. The van der Waals surface area contributed by atoms with E-state index in [-0.39, 0.29) is 36.8 Å². The Bertz CT molecular complexity index is 1450. The lowest BCUT2D eigenvalue weighted by molar-refractivity contribution is -0.141. The highest BCUT2D eigenvalue weighted by Crippen LogP contribution is 2.32. The zero-order valence-electron chi connectivity index (χ0n) is 21.5. The molecule has 208 valence electrons. The third kappa shape index (κ3) is 6.05. The summed E-state index contributed by atoms with van der Waals surface area (Å²) in [6, 6.07) is 17.2. The van der Waals surface area contributed by atoms with Gasteiger partial charge >= 0.3 is 12.2 Å². The van der Waals surface area contributed by atoms with Gasteiger partial charge in [-0.25, -0.2) is 4.68 Å². The Morgan fingerprint density at radius 3 is 2.33 bits per heavy atom. The quantitative estimate of drug-likeness (QED) is 0.319. The van der Waals surface area contributed by atoms with E-state index in [1.54, 1.807) is 42.5 Å². The first-order valence-electron chi connectivity index (χ1n) is 13.0. The molecule has 2 aromatic carbocycles. The van der Waals surface area contributed by atoms with Gasteiger partial charge in [-0.1, -0.05) is 60.8 Å². The number of amides is 2. The summed E-state index contributed by atoms with van der Waals surface area (Å²) in [5, 5.41) is 14.2. The lowest BCUT2D eigenvalue weighted by Gasteiger charge is -2.26. The van der Waals surface area contributed by atoms with E-state index >= 15 is 0 Å². The maximum Gasteiger partial charge on any atom is 0.435 e. The van der Waals surface area contributed by atoms with Crippen LogP contribution in [0.25, 0.3) is 17.1 Å². The topological polar surface area (TPSA) is 106 Å². The molecule has 5 rings (SSSR count). The van der Waals surface area contributed by atoms with Crippen LogP contribution in [-0.4, -0.2) is 44.9 Å². The zero-order valence-corrected chi connectivity index (χ0v) is 21.5. The molecule has 2 heterocycles. The Labute approximate surface area is 228 Å². The average molecular weight is 553 g/mol. The summed E-state index contributed by atoms with van der Waals surface area (Å²) in [5.74, 6) is -1.19. The van der Waals surface area contributed by atoms with Crippen LogP contribution in [0.3, 0.4) is 0 Å². The number of rotatable bonds is 8. The van der Waals surface area contributed by atoms with Crippen LogP contribution in [-0.2, 0) is 11.0 Å². The maximum absolute atomic E-state index is 13.7. The molecular formula is C28H27F3N6O3. The molecule has 0 atom stereocenters. The summed E-state index contributed by atoms with van der Waals surface area (Å²) in [7, 11) is 0. The second kappa shape index (κ2) is 11.7. The summed E-state index contributed by atoms with van der Waals surface area (Å²) >= 11 is 0. The molecule has 1 N–H and O–H groups in total. The van der Waals surface area contributed by atoms with Gasteiger partial charge in [-0.15, -0.1) is 5.10 Å². The molecule has 4 aromatic rings. The fraction of sp³-hybridized carbons (Fsp3) is 0.321. The second-order valence-corrected chi connectivity index (χ2v) is 9.51. The SMILES string of the molecule is O=C(NCCN(C(=O)C1CCCCC1)c1nnc(-c2ccccc2)o1)c1cn(-c2ccccc2)nc1C(F)(F)F. The molecule has 0 bridgehead atoms. The van der Waals surface area contributed by atoms with Gasteiger partial charge in [0.1, 0.15) is 0 Å². The number of anilines is 1. The normalized spacial score (nSPS) is 14.2. The van der Waals surface area contributed by atoms with Crippen molar-refractivity contribution in [3.63, 3.8) is 0 Å². The van der Waals surface area contributed by atoms with Crippen molar-refractivity contribution in [2.24, 2.45) is 5.92 Å². The number of hydrogen-bond donors (Lipinski definition) is 1. The van der Waals surface area contributed by atoms with Crippen molar-refractivity contribution in [2.45, 2.75) is 38.3 Å². The van der Waals surface area contributed by atoms with Crippen LogP contribution in [0.1, 0.15) is 48.2 Å². The summed E-state index contributed by atoms with van der Waals surface area (Å²) in [5.41, 5.74) is -0.865. The largest absolute Gasteiger partial charge is 0.435 e. The molecule has 0 saturated heterocycles. The maximum atomic E-state index is 13.7. The van der Waals surface area contributed by atoms with Crippen molar-refractivity contribution >= 4 is 17.8 Å². The molecule has 0 unspecified atom stereocenters. The van der Waals surface area contributed by atoms with Crippen LogP contribution < -0.4 is 10.2 Å². The first kappa shape index (κ1) is 27.1. The van der Waals surface area contributed by atoms with Crippen LogP contribution in [0.4, 0.5) is 19.2 Å². The smallest absolute Gasteiger partial charge is 0.403 e. The minimum atomic E-state index is -4.84. The van der Waals surface area contributed by atoms with Gasteiger partial charge in [-0.3, -0.25) is 14.5 Å². The number of para-hydroxylation sites is 1. The molecule has 2 amide bonds. The van der Waals surface area contributed by atoms with E-state index in [9.17, 15) is 22.8 Å². The molecular weight excluding hydrogens is 525 g/mol. The van der Waals surface area contributed by atoms with E-state index in [1.165, 1.54) is 4.90 Å². The summed E-state index contributed by atoms with van der Waals surface area (Å²) in [6.07, 6.45) is 0.536. The molecule has 1 saturated carbocycles. The van der Waals surface area contributed by atoms with Gasteiger partial charge in [0.15, 0.2) is 5.69 Å². The molecule has 1 aliphatic carbocycles. The Morgan fingerprint density at radius 2 is 1.65 bits per heavy atom. The predicted octanol–water partition coefficient (Wildman–Crippen LogP) is 5.28. The lowest BCUT2D eigenvalue weighted by Crippen LogP contribution is -2.42. The second-order valence-electron chi connectivity index (χ2n) is 9.51. The van der Waals surface area contributed by atoms with Crippen molar-refractivity contribution in [3.8, 4) is 17.1 Å². The highest BCUT2D eigenvalue weighted by molar-refractivity contribution is 5.96. The van der Waals surface area contributed by atoms with Gasteiger partial charge in [0.2, 0.25) is 11.8 Å². The molecule has 0 spiro atoms. The van der Waals surface area contributed by atoms with Crippen molar-refractivity contribution in [1.29, 1.82) is 0 Å². The Balaban J connectivity index is 1.34. The molecule has 0 radical (unpaired) electrons. The monoisotopic (exact) mass is 552 g/mol. The van der Waals surface area contributed by atoms with E-state index in [2.05, 4.69) is 20.6 Å². The average Bonchev–Trinajstić information content (AvgIpc) is 3.65. The van der Waals surface area contributed by atoms with E-state index in [1.807, 2.05) is 18.2 Å². The van der Waals surface area contributed by atoms with E-state index < -0.39 is 23.3 Å². The van der Waals surface area contributed by atoms with E-state index in [0.717, 1.165) is 43.0 Å². The highest BCUT2D eigenvalue weighted by Gasteiger charge is 2.39. The van der Waals surface area contributed by atoms with Gasteiger partial charge in [-0.05, 0) is 37.1 Å². The van der Waals surface area contributed by atoms with Crippen LogP contribution >= 0.6 is 0 Å². The number of carbonyl (C=O) groups excluding carboxylic acids is 2. The minimum Gasteiger partial charge on any atom is -0.403 e. The van der Waals surface area contributed by atoms with Gasteiger partial charge < -0.3 is 9.73 Å². The molecule has 1 fully saturated rings. The number of nitrogens with one attached hydrogen (secondary N) is 1. The first-order valence-corrected chi connectivity index (χ1v) is 13.0. The van der Waals surface area contributed by atoms with Crippen molar-refractivity contribution in [2.75, 3.05) is 18.0 Å². The van der Waals surface area contributed by atoms with Gasteiger partial charge in [-0.2, -0.15) is 18.3 Å². The van der Waals surface area contributed by atoms with Crippen LogP contribution in [0.15, 0.2) is 71.3 Å². The lowest BCUT2D eigenvalue weighted by atomic mass is 9.88. The molecule has 40 heavy (non-hydrogen) atoms. The molecule has 12 heteroatoms. The summed E-state index contributed by atoms with van der Waals surface area (Å²) < 4.78 is 48.0. The number of carbonyl (C=O) groups is 2. The predicted molar refractivity (Wildman–Crippen MR) is 140 cm³/mol. The van der Waals surface area contributed by atoms with Crippen LogP contribution in [0, 0.1) is 5.92 Å². The van der Waals surface area contributed by atoms with Gasteiger partial charge in [0, 0.05) is 30.8 Å². The Kier molecular flexibility index (Phi) is 7.94. The fourth-order valence-corrected chi connectivity index (χ4v) is 4.73. The zero-order chi connectivity index (χ0) is 28.1. The third-order valence-corrected chi connectivity index (χ3v) is 6.76. The Hall–Kier alpha value is -4.48. The number of aromatic nitrogens is 4. The number of nitrogens with zero attached hydrogens (tertiary/aromatic N) is 5. The van der Waals surface area contributed by atoms with Crippen LogP contribution in [0.5, 0.6) is 0 Å². The van der Waals surface area contributed by atoms with Gasteiger partial charge in [0.05, 0.1) is 11.3 Å². The molecule has 9 nitrogen and oxygen atoms in total. The third-order valence-electron chi connectivity index (χ3n) is 6.76. The summed E-state index contributed by atoms with van der Waals surface area (Å²) in [6.45, 7) is -0.209. The molecule has 0 aliphatic heterocycles. The fourth-order valence-electron chi connectivity index (χ4n) is 4.73. The molecule has 1 aliphatic rings. The first-order chi connectivity index (χ1) is 19.3. The van der Waals surface area contributed by atoms with Crippen molar-refractivity contribution < 1.29 is 27.2 Å². The van der Waals surface area contributed by atoms with E-state index in [4.69, 9.17) is 4.42 Å². The Morgan fingerprint density at radius 1 is 0.975 bits per heavy atom. The minimum absolute atomic E-state index is 0.0310. The summed E-state index contributed by atoms with van der Waals surface area (Å²) in [4.78, 5) is 27.7. The highest BCUT2D eigenvalue weighted by atomic mass is 19.4. The van der Waals surface area contributed by atoms with E-state index in [0.29, 0.717) is 11.3 Å². The van der Waals surface area contributed by atoms with Crippen molar-refractivity contribution in [3.05, 3.63) is 78.1 Å². The number of benzene rings is 2.